The topological polar surface area (TPSA) is 85.2 Å². The van der Waals surface area contributed by atoms with Gasteiger partial charge < -0.3 is 10.0 Å². The molecule has 0 aromatic heterocycles. The van der Waals surface area contributed by atoms with E-state index in [0.717, 1.165) is 5.75 Å². The van der Waals surface area contributed by atoms with Crippen molar-refractivity contribution in [3.8, 4) is 0 Å². The minimum Gasteiger partial charge on any atom is -0.395 e. The van der Waals surface area contributed by atoms with E-state index < -0.39 is 11.8 Å². The number of rotatable bonds is 2. The molecule has 2 aliphatic heterocycles. The third-order valence-corrected chi connectivity index (χ3v) is 3.97. The second-order valence-electron chi connectivity index (χ2n) is 4.35. The van der Waals surface area contributed by atoms with Crippen LogP contribution in [0.3, 0.4) is 0 Å². The summed E-state index contributed by atoms with van der Waals surface area (Å²) >= 11 is 1.45. The number of piperazine rings is 1. The highest BCUT2D eigenvalue weighted by Gasteiger charge is 2.26. The Morgan fingerprint density at radius 3 is 2.63 bits per heavy atom. The molecule has 2 heterocycles. The Bertz CT molecular complexity index is 380. The van der Waals surface area contributed by atoms with E-state index >= 15 is 0 Å². The molecule has 0 aromatic carbocycles. The van der Waals surface area contributed by atoms with Gasteiger partial charge in [-0.05, 0) is 0 Å². The molecule has 0 aromatic rings. The molecule has 2 rings (SSSR count). The number of amides is 2. The van der Waals surface area contributed by atoms with Gasteiger partial charge in [0.15, 0.2) is 5.17 Å². The minimum absolute atomic E-state index is 0.117. The van der Waals surface area contributed by atoms with Crippen molar-refractivity contribution in [2.24, 2.45) is 4.99 Å². The van der Waals surface area contributed by atoms with Crippen LogP contribution in [0, 0.1) is 0 Å². The van der Waals surface area contributed by atoms with Crippen molar-refractivity contribution in [3.05, 3.63) is 0 Å². The van der Waals surface area contributed by atoms with E-state index in [1.165, 1.54) is 11.8 Å². The van der Waals surface area contributed by atoms with Crippen molar-refractivity contribution in [1.29, 1.82) is 0 Å². The summed E-state index contributed by atoms with van der Waals surface area (Å²) in [6, 6.07) is 0. The fourth-order valence-electron chi connectivity index (χ4n) is 2.02. The molecule has 0 radical (unpaired) electrons. The summed E-state index contributed by atoms with van der Waals surface area (Å²) in [4.78, 5) is 31.4. The number of hydrogen-bond donors (Lipinski definition) is 2. The minimum atomic E-state index is -0.608. The van der Waals surface area contributed by atoms with Gasteiger partial charge in [-0.1, -0.05) is 11.8 Å². The van der Waals surface area contributed by atoms with Crippen LogP contribution >= 0.6 is 11.8 Å². The predicted octanol–water partition coefficient (Wildman–Crippen LogP) is -1.66. The number of thioether (sulfide) groups is 1. The van der Waals surface area contributed by atoms with Crippen LogP contribution in [0.15, 0.2) is 4.99 Å². The van der Waals surface area contributed by atoms with E-state index in [2.05, 4.69) is 15.2 Å². The molecule has 0 atom stereocenters. The van der Waals surface area contributed by atoms with Crippen LogP contribution in [0.25, 0.3) is 0 Å². The number of amidine groups is 1. The van der Waals surface area contributed by atoms with Crippen molar-refractivity contribution in [2.75, 3.05) is 51.6 Å². The Hall–Kier alpha value is -1.12. The summed E-state index contributed by atoms with van der Waals surface area (Å²) in [6.07, 6.45) is 0. The number of aliphatic imine (C=N–C) groups is 1. The van der Waals surface area contributed by atoms with Gasteiger partial charge in [0.05, 0.1) is 13.2 Å². The molecule has 106 valence electrons. The zero-order valence-corrected chi connectivity index (χ0v) is 11.5. The van der Waals surface area contributed by atoms with Crippen LogP contribution in [0.1, 0.15) is 0 Å². The Balaban J connectivity index is 1.78. The largest absolute Gasteiger partial charge is 0.395 e. The number of β-amino-alcohol motifs (C(OH)–C–C–N with tert-alkyl or cyclic N) is 1. The van der Waals surface area contributed by atoms with Crippen molar-refractivity contribution in [2.45, 2.75) is 0 Å². The standard InChI is InChI=1S/C11H18N4O3S/c16-7-6-14-2-4-15(5-3-14)10(18)9(17)13-11-12-1-8-19-11/h16H,1-8H2,(H,12,13,17). The van der Waals surface area contributed by atoms with Crippen molar-refractivity contribution >= 4 is 28.7 Å². The molecule has 0 aliphatic carbocycles. The second-order valence-corrected chi connectivity index (χ2v) is 5.43. The van der Waals surface area contributed by atoms with E-state index in [4.69, 9.17) is 5.11 Å². The lowest BCUT2D eigenvalue weighted by Crippen LogP contribution is -2.53. The van der Waals surface area contributed by atoms with Gasteiger partial charge in [0.25, 0.3) is 0 Å². The summed E-state index contributed by atoms with van der Waals surface area (Å²) < 4.78 is 0. The highest BCUT2D eigenvalue weighted by Crippen LogP contribution is 2.09. The molecule has 1 saturated heterocycles. The lowest BCUT2D eigenvalue weighted by molar-refractivity contribution is -0.146. The zero-order valence-electron chi connectivity index (χ0n) is 10.7. The third kappa shape index (κ3) is 3.92. The molecule has 19 heavy (non-hydrogen) atoms. The molecular formula is C11H18N4O3S. The van der Waals surface area contributed by atoms with Gasteiger partial charge in [0.1, 0.15) is 0 Å². The lowest BCUT2D eigenvalue weighted by atomic mass is 10.3. The van der Waals surface area contributed by atoms with E-state index in [1.54, 1.807) is 4.90 Å². The van der Waals surface area contributed by atoms with Gasteiger partial charge in [0, 0.05) is 38.5 Å². The number of carbonyl (C=O) groups excluding carboxylic acids is 2. The van der Waals surface area contributed by atoms with Gasteiger partial charge in [0.2, 0.25) is 0 Å². The first-order valence-electron chi connectivity index (χ1n) is 6.31. The number of nitrogens with zero attached hydrogens (tertiary/aromatic N) is 3. The average molecular weight is 286 g/mol. The number of carbonyl (C=O) groups is 2. The Morgan fingerprint density at radius 1 is 1.32 bits per heavy atom. The number of aliphatic hydroxyl groups excluding tert-OH is 1. The van der Waals surface area contributed by atoms with Crippen LogP contribution in [-0.2, 0) is 9.59 Å². The molecule has 0 bridgehead atoms. The molecular weight excluding hydrogens is 268 g/mol. The maximum atomic E-state index is 11.9. The fourth-order valence-corrected chi connectivity index (χ4v) is 2.74. The monoisotopic (exact) mass is 286 g/mol. The highest BCUT2D eigenvalue weighted by atomic mass is 32.2. The maximum absolute atomic E-state index is 11.9. The lowest BCUT2D eigenvalue weighted by Gasteiger charge is -2.33. The molecule has 0 spiro atoms. The first kappa shape index (κ1) is 14.3. The van der Waals surface area contributed by atoms with Gasteiger partial charge in [-0.25, -0.2) is 0 Å². The first-order chi connectivity index (χ1) is 9.20. The van der Waals surface area contributed by atoms with E-state index in [-0.39, 0.29) is 6.61 Å². The fraction of sp³-hybridized carbons (Fsp3) is 0.727. The summed E-state index contributed by atoms with van der Waals surface area (Å²) in [7, 11) is 0. The molecule has 2 N–H and O–H groups in total. The molecule has 0 saturated carbocycles. The maximum Gasteiger partial charge on any atom is 0.315 e. The Kier molecular flexibility index (Phi) is 5.17. The highest BCUT2D eigenvalue weighted by molar-refractivity contribution is 8.14. The van der Waals surface area contributed by atoms with Crippen LogP contribution in [-0.4, -0.2) is 83.5 Å². The molecule has 2 amide bonds. The van der Waals surface area contributed by atoms with Crippen LogP contribution in [0.4, 0.5) is 0 Å². The summed E-state index contributed by atoms with van der Waals surface area (Å²) in [5, 5.41) is 11.9. The number of nitrogens with one attached hydrogen (secondary N) is 1. The van der Waals surface area contributed by atoms with Gasteiger partial charge in [-0.3, -0.25) is 24.8 Å². The van der Waals surface area contributed by atoms with Crippen molar-refractivity contribution in [1.82, 2.24) is 15.1 Å². The van der Waals surface area contributed by atoms with Gasteiger partial charge in [-0.2, -0.15) is 0 Å². The Labute approximate surface area is 116 Å². The molecule has 2 aliphatic rings. The average Bonchev–Trinajstić information content (AvgIpc) is 2.92. The zero-order chi connectivity index (χ0) is 13.7. The van der Waals surface area contributed by atoms with Crippen LogP contribution in [0.2, 0.25) is 0 Å². The second kappa shape index (κ2) is 6.88. The number of hydrogen-bond acceptors (Lipinski definition) is 6. The van der Waals surface area contributed by atoms with Crippen molar-refractivity contribution < 1.29 is 14.7 Å². The van der Waals surface area contributed by atoms with E-state index in [0.29, 0.717) is 44.4 Å². The quantitative estimate of drug-likeness (QED) is 0.594. The van der Waals surface area contributed by atoms with E-state index in [1.807, 2.05) is 0 Å². The summed E-state index contributed by atoms with van der Waals surface area (Å²) in [5.74, 6) is -0.258. The summed E-state index contributed by atoms with van der Waals surface area (Å²) in [5.41, 5.74) is 0. The number of aliphatic hydroxyl groups is 1. The molecule has 0 unspecified atom stereocenters. The molecule has 1 fully saturated rings. The van der Waals surface area contributed by atoms with Crippen LogP contribution < -0.4 is 5.32 Å². The van der Waals surface area contributed by atoms with E-state index in [9.17, 15) is 9.59 Å². The first-order valence-corrected chi connectivity index (χ1v) is 7.30. The molecule has 7 nitrogen and oxygen atoms in total. The van der Waals surface area contributed by atoms with Gasteiger partial charge >= 0.3 is 11.8 Å². The van der Waals surface area contributed by atoms with Crippen molar-refractivity contribution in [3.63, 3.8) is 0 Å². The van der Waals surface area contributed by atoms with Gasteiger partial charge in [-0.15, -0.1) is 0 Å². The molecule has 8 heteroatoms. The Morgan fingerprint density at radius 2 is 2.05 bits per heavy atom. The normalized spacial score (nSPS) is 20.3. The van der Waals surface area contributed by atoms with Crippen LogP contribution in [0.5, 0.6) is 0 Å². The smallest absolute Gasteiger partial charge is 0.315 e. The SMILES string of the molecule is O=C(NC1=NCCS1)C(=O)N1CCN(CCO)CC1. The third-order valence-electron chi connectivity index (χ3n) is 3.08. The summed E-state index contributed by atoms with van der Waals surface area (Å²) in [6.45, 7) is 3.84. The predicted molar refractivity (Wildman–Crippen MR) is 73.0 cm³/mol.